The summed E-state index contributed by atoms with van der Waals surface area (Å²) in [6.07, 6.45) is 0.834. The van der Waals surface area contributed by atoms with Crippen LogP contribution >= 0.6 is 0 Å². The van der Waals surface area contributed by atoms with Gasteiger partial charge in [0.05, 0.1) is 10.4 Å². The molecule has 0 fully saturated rings. The van der Waals surface area contributed by atoms with E-state index in [0.29, 0.717) is 42.5 Å². The zero-order valence-corrected chi connectivity index (χ0v) is 17.3. The minimum absolute atomic E-state index is 0.0539. The highest BCUT2D eigenvalue weighted by atomic mass is 32.2. The van der Waals surface area contributed by atoms with Gasteiger partial charge in [-0.1, -0.05) is 19.1 Å². The molecule has 0 atom stereocenters. The summed E-state index contributed by atoms with van der Waals surface area (Å²) in [5.74, 6) is -0.0138. The van der Waals surface area contributed by atoms with Gasteiger partial charge >= 0.3 is 0 Å². The molecule has 1 amide bonds. The van der Waals surface area contributed by atoms with Crippen LogP contribution in [0.25, 0.3) is 10.9 Å². The Morgan fingerprint density at radius 1 is 1.17 bits per heavy atom. The molecular weight excluding hydrogens is 390 g/mol. The molecule has 0 saturated heterocycles. The van der Waals surface area contributed by atoms with Crippen LogP contribution in [0.15, 0.2) is 47.4 Å². The molecule has 0 aliphatic rings. The van der Waals surface area contributed by atoms with Gasteiger partial charge in [-0.2, -0.15) is 0 Å². The fraction of sp³-hybridized carbons (Fsp3) is 0.286. The first-order valence-corrected chi connectivity index (χ1v) is 10.9. The molecule has 0 aliphatic heterocycles. The Hall–Kier alpha value is -2.84. The van der Waals surface area contributed by atoms with Crippen LogP contribution in [0.1, 0.15) is 30.2 Å². The topological polar surface area (TPSA) is 114 Å². The molecule has 0 spiro atoms. The number of amides is 1. The van der Waals surface area contributed by atoms with Crippen molar-refractivity contribution in [2.45, 2.75) is 38.1 Å². The van der Waals surface area contributed by atoms with Crippen LogP contribution < -0.4 is 11.1 Å². The van der Waals surface area contributed by atoms with E-state index in [9.17, 15) is 18.3 Å². The van der Waals surface area contributed by atoms with Crippen LogP contribution in [-0.4, -0.2) is 29.9 Å². The Morgan fingerprint density at radius 3 is 2.48 bits per heavy atom. The number of benzene rings is 2. The molecule has 7 nitrogen and oxygen atoms in total. The standard InChI is InChI=1S/C21H25N3O4S/c1-3-21(26)23-11-10-18-14(2)24(20-9-6-16(25)12-19(18)20)29(27,28)17-7-4-15(13-22)5-8-17/h4-9,12,25H,3,10-11,13,22H2,1-2H3,(H,23,26). The maximum Gasteiger partial charge on any atom is 0.268 e. The van der Waals surface area contributed by atoms with Gasteiger partial charge in [0.1, 0.15) is 5.75 Å². The van der Waals surface area contributed by atoms with Gasteiger partial charge < -0.3 is 16.2 Å². The Kier molecular flexibility index (Phi) is 5.95. The zero-order valence-electron chi connectivity index (χ0n) is 16.5. The number of phenolic OH excluding ortho intramolecular Hbond substituents is 1. The lowest BCUT2D eigenvalue weighted by atomic mass is 10.1. The van der Waals surface area contributed by atoms with Gasteiger partial charge in [0.2, 0.25) is 5.91 Å². The highest BCUT2D eigenvalue weighted by molar-refractivity contribution is 7.90. The Bertz CT molecular complexity index is 1150. The largest absolute Gasteiger partial charge is 0.508 e. The molecule has 0 unspecified atom stereocenters. The minimum Gasteiger partial charge on any atom is -0.508 e. The monoisotopic (exact) mass is 415 g/mol. The number of hydrogen-bond acceptors (Lipinski definition) is 5. The summed E-state index contributed by atoms with van der Waals surface area (Å²) >= 11 is 0. The summed E-state index contributed by atoms with van der Waals surface area (Å²) < 4.78 is 28.1. The molecule has 0 bridgehead atoms. The van der Waals surface area contributed by atoms with Gasteiger partial charge in [0.25, 0.3) is 10.0 Å². The number of nitrogens with one attached hydrogen (secondary N) is 1. The van der Waals surface area contributed by atoms with E-state index in [1.807, 2.05) is 0 Å². The second-order valence-corrected chi connectivity index (χ2v) is 8.62. The molecule has 8 heteroatoms. The molecule has 0 aliphatic carbocycles. The third-order valence-electron chi connectivity index (χ3n) is 4.98. The fourth-order valence-electron chi connectivity index (χ4n) is 3.42. The van der Waals surface area contributed by atoms with E-state index in [4.69, 9.17) is 5.73 Å². The van der Waals surface area contributed by atoms with Crippen molar-refractivity contribution >= 4 is 26.8 Å². The summed E-state index contributed by atoms with van der Waals surface area (Å²) in [5.41, 5.74) is 8.26. The first kappa shape index (κ1) is 20.9. The van der Waals surface area contributed by atoms with Crippen LogP contribution in [0.5, 0.6) is 5.75 Å². The third-order valence-corrected chi connectivity index (χ3v) is 6.80. The van der Waals surface area contributed by atoms with Crippen molar-refractivity contribution < 1.29 is 18.3 Å². The average molecular weight is 416 g/mol. The second-order valence-electron chi connectivity index (χ2n) is 6.84. The molecule has 154 valence electrons. The molecule has 29 heavy (non-hydrogen) atoms. The SMILES string of the molecule is CCC(=O)NCCc1c(C)n(S(=O)(=O)c2ccc(CN)cc2)c2ccc(O)cc12. The number of phenols is 1. The highest BCUT2D eigenvalue weighted by Crippen LogP contribution is 2.32. The molecule has 1 heterocycles. The lowest BCUT2D eigenvalue weighted by molar-refractivity contribution is -0.120. The molecular formula is C21H25N3O4S. The summed E-state index contributed by atoms with van der Waals surface area (Å²) in [6.45, 7) is 4.22. The Morgan fingerprint density at radius 2 is 1.86 bits per heavy atom. The van der Waals surface area contributed by atoms with Crippen LogP contribution in [0.2, 0.25) is 0 Å². The second kappa shape index (κ2) is 8.26. The van der Waals surface area contributed by atoms with Crippen LogP contribution in [-0.2, 0) is 27.8 Å². The number of aromatic hydroxyl groups is 1. The highest BCUT2D eigenvalue weighted by Gasteiger charge is 2.25. The maximum atomic E-state index is 13.4. The van der Waals surface area contributed by atoms with E-state index in [0.717, 1.165) is 11.1 Å². The van der Waals surface area contributed by atoms with Crippen molar-refractivity contribution in [2.24, 2.45) is 5.73 Å². The van der Waals surface area contributed by atoms with Crippen LogP contribution in [0.4, 0.5) is 0 Å². The first-order valence-electron chi connectivity index (χ1n) is 9.43. The number of carbonyl (C=O) groups is 1. The zero-order chi connectivity index (χ0) is 21.2. The minimum atomic E-state index is -3.85. The number of nitrogens with two attached hydrogens (primary N) is 1. The first-order chi connectivity index (χ1) is 13.8. The number of carbonyl (C=O) groups excluding carboxylic acids is 1. The van der Waals surface area contributed by atoms with E-state index in [-0.39, 0.29) is 16.6 Å². The number of aromatic nitrogens is 1. The predicted molar refractivity (Wildman–Crippen MR) is 112 cm³/mol. The van der Waals surface area contributed by atoms with Gasteiger partial charge in [-0.05, 0) is 54.8 Å². The van der Waals surface area contributed by atoms with Crippen molar-refractivity contribution in [1.29, 1.82) is 0 Å². The number of fused-ring (bicyclic) bond motifs is 1. The van der Waals surface area contributed by atoms with Crippen LogP contribution in [0.3, 0.4) is 0 Å². The van der Waals surface area contributed by atoms with E-state index in [1.54, 1.807) is 50.2 Å². The van der Waals surface area contributed by atoms with Crippen molar-refractivity contribution in [3.05, 3.63) is 59.3 Å². The van der Waals surface area contributed by atoms with Crippen molar-refractivity contribution in [3.63, 3.8) is 0 Å². The molecule has 2 aromatic carbocycles. The summed E-state index contributed by atoms with van der Waals surface area (Å²) in [7, 11) is -3.85. The molecule has 4 N–H and O–H groups in total. The summed E-state index contributed by atoms with van der Waals surface area (Å²) in [5, 5.41) is 13.4. The predicted octanol–water partition coefficient (Wildman–Crippen LogP) is 2.42. The van der Waals surface area contributed by atoms with Gasteiger partial charge in [-0.25, -0.2) is 12.4 Å². The number of hydrogen-bond donors (Lipinski definition) is 3. The summed E-state index contributed by atoms with van der Waals surface area (Å²) in [4.78, 5) is 11.7. The Balaban J connectivity index is 2.12. The molecule has 0 saturated carbocycles. The lowest BCUT2D eigenvalue weighted by Crippen LogP contribution is -2.24. The van der Waals surface area contributed by atoms with Gasteiger partial charge in [-0.3, -0.25) is 4.79 Å². The van der Waals surface area contributed by atoms with E-state index >= 15 is 0 Å². The number of nitrogens with zero attached hydrogens (tertiary/aromatic N) is 1. The van der Waals surface area contributed by atoms with E-state index < -0.39 is 10.0 Å². The maximum absolute atomic E-state index is 13.4. The van der Waals surface area contributed by atoms with Gasteiger partial charge in [0.15, 0.2) is 0 Å². The van der Waals surface area contributed by atoms with Crippen molar-refractivity contribution in [3.8, 4) is 5.75 Å². The third kappa shape index (κ3) is 3.99. The molecule has 1 aromatic heterocycles. The average Bonchev–Trinajstić information content (AvgIpc) is 2.99. The quantitative estimate of drug-likeness (QED) is 0.548. The smallest absolute Gasteiger partial charge is 0.268 e. The van der Waals surface area contributed by atoms with Gasteiger partial charge in [0, 0.05) is 30.6 Å². The number of rotatable bonds is 7. The van der Waals surface area contributed by atoms with E-state index in [1.165, 1.54) is 10.0 Å². The fourth-order valence-corrected chi connectivity index (χ4v) is 5.00. The molecule has 3 aromatic rings. The molecule has 3 rings (SSSR count). The summed E-state index contributed by atoms with van der Waals surface area (Å²) in [6, 6.07) is 11.1. The normalized spacial score (nSPS) is 11.7. The van der Waals surface area contributed by atoms with Crippen molar-refractivity contribution in [2.75, 3.05) is 6.54 Å². The van der Waals surface area contributed by atoms with Crippen molar-refractivity contribution in [1.82, 2.24) is 9.29 Å². The Labute approximate surface area is 170 Å². The molecule has 0 radical (unpaired) electrons. The van der Waals surface area contributed by atoms with Gasteiger partial charge in [-0.15, -0.1) is 0 Å². The lowest BCUT2D eigenvalue weighted by Gasteiger charge is -2.11. The van der Waals surface area contributed by atoms with E-state index in [2.05, 4.69) is 5.32 Å². The van der Waals surface area contributed by atoms with Crippen LogP contribution in [0, 0.1) is 6.92 Å².